The molecule has 2 heterocycles. The molecule has 1 aromatic heterocycles. The van der Waals surface area contributed by atoms with E-state index >= 15 is 0 Å². The van der Waals surface area contributed by atoms with Crippen LogP contribution in [0.2, 0.25) is 0 Å². The molecule has 4 aromatic rings. The van der Waals surface area contributed by atoms with Crippen LogP contribution in [0, 0.1) is 13.8 Å². The monoisotopic (exact) mass is 469 g/mol. The number of benzene rings is 3. The van der Waals surface area contributed by atoms with Crippen LogP contribution in [0.5, 0.6) is 11.5 Å². The minimum Gasteiger partial charge on any atom is -0.495 e. The van der Waals surface area contributed by atoms with Crippen LogP contribution in [0.3, 0.4) is 0 Å². The maximum atomic E-state index is 13.0. The molecule has 1 saturated heterocycles. The number of fused-ring (bicyclic) bond motifs is 1. The second-order valence-corrected chi connectivity index (χ2v) is 9.11. The molecule has 1 aliphatic heterocycles. The van der Waals surface area contributed by atoms with Crippen molar-refractivity contribution in [3.05, 3.63) is 83.7 Å². The lowest BCUT2D eigenvalue weighted by Crippen LogP contribution is -2.25. The molecular formula is C29H31N3O3. The highest BCUT2D eigenvalue weighted by Crippen LogP contribution is 2.37. The molecule has 0 bridgehead atoms. The lowest BCUT2D eigenvalue weighted by atomic mass is 10.1. The summed E-state index contributed by atoms with van der Waals surface area (Å²) < 4.78 is 13.9. The zero-order valence-electron chi connectivity index (χ0n) is 20.5. The molecule has 6 heteroatoms. The van der Waals surface area contributed by atoms with Crippen molar-refractivity contribution in [3.8, 4) is 11.5 Å². The quantitative estimate of drug-likeness (QED) is 0.313. The molecule has 1 aliphatic rings. The number of aryl methyl sites for hydroxylation is 3. The average Bonchev–Trinajstić information content (AvgIpc) is 3.43. The minimum atomic E-state index is 0.0133. The van der Waals surface area contributed by atoms with Crippen LogP contribution in [-0.2, 0) is 11.3 Å². The fraction of sp³-hybridized carbons (Fsp3) is 0.310. The normalized spacial score (nSPS) is 15.7. The number of carbonyl (C=O) groups is 1. The van der Waals surface area contributed by atoms with Crippen molar-refractivity contribution in [2.45, 2.75) is 39.2 Å². The van der Waals surface area contributed by atoms with Crippen LogP contribution in [0.1, 0.15) is 35.7 Å². The number of amides is 1. The van der Waals surface area contributed by atoms with Crippen LogP contribution >= 0.6 is 0 Å². The zero-order chi connectivity index (χ0) is 24.4. The average molecular weight is 470 g/mol. The van der Waals surface area contributed by atoms with Gasteiger partial charge in [-0.3, -0.25) is 4.79 Å². The van der Waals surface area contributed by atoms with Crippen molar-refractivity contribution in [3.63, 3.8) is 0 Å². The second kappa shape index (κ2) is 9.82. The summed E-state index contributed by atoms with van der Waals surface area (Å²) in [7, 11) is 1.64. The number of rotatable bonds is 8. The van der Waals surface area contributed by atoms with Gasteiger partial charge in [0.1, 0.15) is 17.3 Å². The summed E-state index contributed by atoms with van der Waals surface area (Å²) in [5, 5.41) is 0. The van der Waals surface area contributed by atoms with Gasteiger partial charge in [0, 0.05) is 25.4 Å². The smallest absolute Gasteiger partial charge is 0.227 e. The Bertz CT molecular complexity index is 1340. The van der Waals surface area contributed by atoms with Gasteiger partial charge in [-0.2, -0.15) is 0 Å². The van der Waals surface area contributed by atoms with E-state index in [1.54, 1.807) is 7.11 Å². The summed E-state index contributed by atoms with van der Waals surface area (Å²) in [6, 6.07) is 22.1. The Morgan fingerprint density at radius 2 is 1.71 bits per heavy atom. The summed E-state index contributed by atoms with van der Waals surface area (Å²) in [5.74, 6) is 2.75. The van der Waals surface area contributed by atoms with Gasteiger partial charge in [0.25, 0.3) is 0 Å². The largest absolute Gasteiger partial charge is 0.495 e. The van der Waals surface area contributed by atoms with E-state index in [9.17, 15) is 4.79 Å². The van der Waals surface area contributed by atoms with E-state index < -0.39 is 0 Å². The number of anilines is 1. The second-order valence-electron chi connectivity index (χ2n) is 9.11. The van der Waals surface area contributed by atoms with Gasteiger partial charge in [-0.05, 0) is 55.7 Å². The molecule has 0 radical (unpaired) electrons. The lowest BCUT2D eigenvalue weighted by Gasteiger charge is -2.20. The Morgan fingerprint density at radius 1 is 0.971 bits per heavy atom. The van der Waals surface area contributed by atoms with Crippen molar-refractivity contribution in [1.82, 2.24) is 9.55 Å². The molecule has 5 rings (SSSR count). The van der Waals surface area contributed by atoms with E-state index in [-0.39, 0.29) is 11.8 Å². The van der Waals surface area contributed by atoms with E-state index in [0.29, 0.717) is 25.3 Å². The Morgan fingerprint density at radius 3 is 2.51 bits per heavy atom. The maximum Gasteiger partial charge on any atom is 0.227 e. The molecule has 1 fully saturated rings. The van der Waals surface area contributed by atoms with E-state index in [1.807, 2.05) is 47.4 Å². The van der Waals surface area contributed by atoms with Gasteiger partial charge in [0.2, 0.25) is 5.91 Å². The first kappa shape index (κ1) is 23.0. The molecule has 1 amide bonds. The summed E-state index contributed by atoms with van der Waals surface area (Å²) >= 11 is 0. The predicted molar refractivity (Wildman–Crippen MR) is 138 cm³/mol. The highest BCUT2D eigenvalue weighted by Gasteiger charge is 2.35. The SMILES string of the molecule is COc1ccccc1N1CC(c2nc3ccccc3n2CCCOc2c(C)cccc2C)CC1=O. The molecule has 1 atom stereocenters. The Hall–Kier alpha value is -3.80. The zero-order valence-corrected chi connectivity index (χ0v) is 20.5. The Labute approximate surface area is 206 Å². The van der Waals surface area contributed by atoms with Crippen molar-refractivity contribution in [1.29, 1.82) is 0 Å². The number of nitrogens with zero attached hydrogens (tertiary/aromatic N) is 3. The van der Waals surface area contributed by atoms with Gasteiger partial charge in [-0.25, -0.2) is 4.98 Å². The summed E-state index contributed by atoms with van der Waals surface area (Å²) in [6.45, 7) is 6.14. The molecule has 0 N–H and O–H groups in total. The lowest BCUT2D eigenvalue weighted by molar-refractivity contribution is -0.117. The number of hydrogen-bond acceptors (Lipinski definition) is 4. The number of ether oxygens (including phenoxy) is 2. The number of imidazole rings is 1. The maximum absolute atomic E-state index is 13.0. The van der Waals surface area contributed by atoms with Crippen molar-refractivity contribution in [2.75, 3.05) is 25.2 Å². The molecule has 180 valence electrons. The van der Waals surface area contributed by atoms with E-state index in [2.05, 4.69) is 42.7 Å². The summed E-state index contributed by atoms with van der Waals surface area (Å²) in [5.41, 5.74) is 5.17. The van der Waals surface area contributed by atoms with Crippen molar-refractivity contribution in [2.24, 2.45) is 0 Å². The third-order valence-electron chi connectivity index (χ3n) is 6.73. The first-order valence-corrected chi connectivity index (χ1v) is 12.1. The first-order chi connectivity index (χ1) is 17.1. The van der Waals surface area contributed by atoms with Gasteiger partial charge in [0.05, 0.1) is 30.4 Å². The topological polar surface area (TPSA) is 56.6 Å². The molecule has 0 saturated carbocycles. The molecule has 3 aromatic carbocycles. The van der Waals surface area contributed by atoms with Gasteiger partial charge in [0.15, 0.2) is 0 Å². The van der Waals surface area contributed by atoms with Crippen LogP contribution in [0.15, 0.2) is 66.7 Å². The van der Waals surface area contributed by atoms with Crippen LogP contribution < -0.4 is 14.4 Å². The third-order valence-corrected chi connectivity index (χ3v) is 6.73. The van der Waals surface area contributed by atoms with Crippen LogP contribution in [-0.4, -0.2) is 35.7 Å². The predicted octanol–water partition coefficient (Wildman–Crippen LogP) is 5.65. The van der Waals surface area contributed by atoms with Crippen LogP contribution in [0.4, 0.5) is 5.69 Å². The highest BCUT2D eigenvalue weighted by atomic mass is 16.5. The number of aromatic nitrogens is 2. The molecule has 35 heavy (non-hydrogen) atoms. The molecular weight excluding hydrogens is 438 g/mol. The Balaban J connectivity index is 1.37. The molecule has 0 spiro atoms. The standard InChI is InChI=1S/C29H31N3O3/c1-20-10-8-11-21(2)28(20)35-17-9-16-31-24-13-5-4-12-23(24)30-29(31)22-18-27(33)32(19-22)25-14-6-7-15-26(25)34-3/h4-8,10-15,22H,9,16-19H2,1-3H3. The van der Waals surface area contributed by atoms with Gasteiger partial charge >= 0.3 is 0 Å². The number of para-hydroxylation sites is 5. The third kappa shape index (κ3) is 4.48. The van der Waals surface area contributed by atoms with Crippen molar-refractivity contribution < 1.29 is 14.3 Å². The van der Waals surface area contributed by atoms with E-state index in [0.717, 1.165) is 52.4 Å². The Kier molecular flexibility index (Phi) is 6.45. The van der Waals surface area contributed by atoms with E-state index in [1.165, 1.54) is 0 Å². The summed E-state index contributed by atoms with van der Waals surface area (Å²) in [6.07, 6.45) is 1.28. The number of methoxy groups -OCH3 is 1. The fourth-order valence-electron chi connectivity index (χ4n) is 5.03. The van der Waals surface area contributed by atoms with Gasteiger partial charge in [-0.1, -0.05) is 42.5 Å². The molecule has 0 aliphatic carbocycles. The minimum absolute atomic E-state index is 0.0133. The summed E-state index contributed by atoms with van der Waals surface area (Å²) in [4.78, 5) is 19.9. The molecule has 6 nitrogen and oxygen atoms in total. The number of carbonyl (C=O) groups excluding carboxylic acids is 1. The van der Waals surface area contributed by atoms with Crippen molar-refractivity contribution >= 4 is 22.6 Å². The molecule has 1 unspecified atom stereocenters. The van der Waals surface area contributed by atoms with Gasteiger partial charge in [-0.15, -0.1) is 0 Å². The van der Waals surface area contributed by atoms with Gasteiger partial charge < -0.3 is 18.9 Å². The number of hydrogen-bond donors (Lipinski definition) is 0. The first-order valence-electron chi connectivity index (χ1n) is 12.1. The van der Waals surface area contributed by atoms with E-state index in [4.69, 9.17) is 14.5 Å². The van der Waals surface area contributed by atoms with Crippen LogP contribution in [0.25, 0.3) is 11.0 Å². The fourth-order valence-corrected chi connectivity index (χ4v) is 5.03. The highest BCUT2D eigenvalue weighted by molar-refractivity contribution is 5.97.